The van der Waals surface area contributed by atoms with Crippen molar-refractivity contribution in [1.82, 2.24) is 5.32 Å². The highest BCUT2D eigenvalue weighted by atomic mass is 16.3. The molecular weight excluding hydrogens is 282 g/mol. The highest BCUT2D eigenvalue weighted by Crippen LogP contribution is 2.33. The molecule has 1 aliphatic carbocycles. The van der Waals surface area contributed by atoms with E-state index in [2.05, 4.69) is 62.5 Å². The molecule has 0 aliphatic heterocycles. The monoisotopic (exact) mass is 311 g/mol. The normalized spacial score (nSPS) is 19.4. The quantitative estimate of drug-likeness (QED) is 0.809. The maximum atomic E-state index is 5.87. The Morgan fingerprint density at radius 1 is 1.22 bits per heavy atom. The predicted molar refractivity (Wildman–Crippen MR) is 95.8 cm³/mol. The number of fused-ring (bicyclic) bond motifs is 1. The molecule has 1 aromatic heterocycles. The second-order valence-corrected chi connectivity index (χ2v) is 7.71. The van der Waals surface area contributed by atoms with Crippen LogP contribution in [0.4, 0.5) is 0 Å². The fourth-order valence-electron chi connectivity index (χ4n) is 3.99. The zero-order valence-corrected chi connectivity index (χ0v) is 14.9. The molecule has 0 radical (unpaired) electrons. The van der Waals surface area contributed by atoms with Crippen LogP contribution in [0.2, 0.25) is 0 Å². The van der Waals surface area contributed by atoms with Gasteiger partial charge in [0.25, 0.3) is 0 Å². The van der Waals surface area contributed by atoms with Crippen LogP contribution in [-0.2, 0) is 11.8 Å². The highest BCUT2D eigenvalue weighted by Gasteiger charge is 2.28. The molecule has 2 unspecified atom stereocenters. The lowest BCUT2D eigenvalue weighted by Gasteiger charge is -2.32. The molecule has 0 fully saturated rings. The van der Waals surface area contributed by atoms with Crippen molar-refractivity contribution in [2.75, 3.05) is 0 Å². The minimum absolute atomic E-state index is 0.0505. The smallest absolute Gasteiger partial charge is 0.109 e. The summed E-state index contributed by atoms with van der Waals surface area (Å²) < 4.78 is 5.87. The van der Waals surface area contributed by atoms with Gasteiger partial charge in [0.05, 0.1) is 0 Å². The van der Waals surface area contributed by atoms with Crippen LogP contribution in [0, 0.1) is 6.92 Å². The van der Waals surface area contributed by atoms with E-state index < -0.39 is 0 Å². The van der Waals surface area contributed by atoms with Crippen LogP contribution in [0.5, 0.6) is 0 Å². The first-order valence-corrected chi connectivity index (χ1v) is 8.86. The number of hydrogen-bond acceptors (Lipinski definition) is 2. The van der Waals surface area contributed by atoms with E-state index in [0.717, 1.165) is 17.9 Å². The molecule has 1 aromatic carbocycles. The first kappa shape index (κ1) is 16.3. The van der Waals surface area contributed by atoms with Gasteiger partial charge >= 0.3 is 0 Å². The molecule has 2 heteroatoms. The first-order valence-electron chi connectivity index (χ1n) is 8.86. The van der Waals surface area contributed by atoms with Crippen LogP contribution < -0.4 is 5.32 Å². The Kier molecular flexibility index (Phi) is 4.63. The molecule has 1 aliphatic rings. The second kappa shape index (κ2) is 6.52. The van der Waals surface area contributed by atoms with E-state index in [1.807, 2.05) is 6.92 Å². The van der Waals surface area contributed by atoms with Gasteiger partial charge < -0.3 is 9.73 Å². The molecule has 0 amide bonds. The van der Waals surface area contributed by atoms with E-state index in [1.54, 1.807) is 0 Å². The molecule has 23 heavy (non-hydrogen) atoms. The lowest BCUT2D eigenvalue weighted by molar-refractivity contribution is 0.299. The first-order chi connectivity index (χ1) is 11.0. The minimum atomic E-state index is 0.0505. The molecule has 1 N–H and O–H groups in total. The number of rotatable bonds is 5. The number of furan rings is 1. The molecular formula is C21H29NO. The fourth-order valence-corrected chi connectivity index (χ4v) is 3.99. The fraction of sp³-hybridized carbons (Fsp3) is 0.524. The topological polar surface area (TPSA) is 25.2 Å². The van der Waals surface area contributed by atoms with Crippen molar-refractivity contribution in [3.63, 3.8) is 0 Å². The summed E-state index contributed by atoms with van der Waals surface area (Å²) in [6.07, 6.45) is 4.81. The van der Waals surface area contributed by atoms with Crippen molar-refractivity contribution in [1.29, 1.82) is 0 Å². The van der Waals surface area contributed by atoms with E-state index in [1.165, 1.54) is 30.4 Å². The molecule has 0 saturated heterocycles. The van der Waals surface area contributed by atoms with Crippen molar-refractivity contribution < 1.29 is 4.42 Å². The van der Waals surface area contributed by atoms with Gasteiger partial charge in [0.1, 0.15) is 11.5 Å². The summed E-state index contributed by atoms with van der Waals surface area (Å²) in [5.41, 5.74) is 3.07. The summed E-state index contributed by atoms with van der Waals surface area (Å²) in [5, 5.41) is 3.87. The number of hydrogen-bond donors (Lipinski definition) is 1. The molecule has 0 bridgehead atoms. The standard InChI is InChI=1S/C21H29NO/c1-15(14-21(3,4)20-13-12-16(2)23-20)22-19-11-7-9-17-8-5-6-10-18(17)19/h5-6,8,10,12-13,15,19,22H,7,9,11,14H2,1-4H3. The second-order valence-electron chi connectivity index (χ2n) is 7.71. The number of benzene rings is 1. The molecule has 0 saturated carbocycles. The Hall–Kier alpha value is -1.54. The molecule has 0 spiro atoms. The van der Waals surface area contributed by atoms with Gasteiger partial charge in [0, 0.05) is 17.5 Å². The summed E-state index contributed by atoms with van der Waals surface area (Å²) >= 11 is 0. The Bertz CT molecular complexity index is 655. The van der Waals surface area contributed by atoms with Crippen molar-refractivity contribution in [3.8, 4) is 0 Å². The summed E-state index contributed by atoms with van der Waals surface area (Å²) in [6, 6.07) is 14.0. The van der Waals surface area contributed by atoms with Gasteiger partial charge in [-0.2, -0.15) is 0 Å². The maximum Gasteiger partial charge on any atom is 0.109 e. The van der Waals surface area contributed by atoms with Gasteiger partial charge in [-0.3, -0.25) is 0 Å². The maximum absolute atomic E-state index is 5.87. The molecule has 2 nitrogen and oxygen atoms in total. The van der Waals surface area contributed by atoms with Crippen molar-refractivity contribution >= 4 is 0 Å². The van der Waals surface area contributed by atoms with E-state index in [4.69, 9.17) is 4.42 Å². The lowest BCUT2D eigenvalue weighted by Crippen LogP contribution is -2.37. The van der Waals surface area contributed by atoms with Crippen LogP contribution in [0.25, 0.3) is 0 Å². The van der Waals surface area contributed by atoms with Gasteiger partial charge in [-0.05, 0) is 62.8 Å². The molecule has 2 atom stereocenters. The lowest BCUT2D eigenvalue weighted by atomic mass is 9.82. The third-order valence-corrected chi connectivity index (χ3v) is 5.08. The van der Waals surface area contributed by atoms with Crippen molar-refractivity contribution in [2.45, 2.75) is 70.9 Å². The zero-order chi connectivity index (χ0) is 16.4. The van der Waals surface area contributed by atoms with E-state index in [9.17, 15) is 0 Å². The van der Waals surface area contributed by atoms with Crippen LogP contribution in [0.3, 0.4) is 0 Å². The average molecular weight is 311 g/mol. The van der Waals surface area contributed by atoms with Crippen molar-refractivity contribution in [2.24, 2.45) is 0 Å². The van der Waals surface area contributed by atoms with Gasteiger partial charge in [0.2, 0.25) is 0 Å². The molecule has 2 aromatic rings. The molecule has 3 rings (SSSR count). The molecule has 124 valence electrons. The van der Waals surface area contributed by atoms with Crippen LogP contribution >= 0.6 is 0 Å². The third kappa shape index (κ3) is 3.69. The largest absolute Gasteiger partial charge is 0.466 e. The van der Waals surface area contributed by atoms with Gasteiger partial charge in [-0.15, -0.1) is 0 Å². The average Bonchev–Trinajstić information content (AvgIpc) is 2.95. The van der Waals surface area contributed by atoms with E-state index in [-0.39, 0.29) is 5.41 Å². The zero-order valence-electron chi connectivity index (χ0n) is 14.9. The van der Waals surface area contributed by atoms with Crippen LogP contribution in [0.1, 0.15) is 68.7 Å². The summed E-state index contributed by atoms with van der Waals surface area (Å²) in [7, 11) is 0. The SMILES string of the molecule is Cc1ccc(C(C)(C)CC(C)NC2CCCc3ccccc32)o1. The molecule has 1 heterocycles. The predicted octanol–water partition coefficient (Wildman–Crippen LogP) is 5.31. The Morgan fingerprint density at radius 2 is 2.00 bits per heavy atom. The Balaban J connectivity index is 1.67. The van der Waals surface area contributed by atoms with Crippen molar-refractivity contribution in [3.05, 3.63) is 59.0 Å². The Labute approximate surface area is 140 Å². The highest BCUT2D eigenvalue weighted by molar-refractivity contribution is 5.32. The summed E-state index contributed by atoms with van der Waals surface area (Å²) in [6.45, 7) is 8.87. The van der Waals surface area contributed by atoms with Crippen LogP contribution in [0.15, 0.2) is 40.8 Å². The van der Waals surface area contributed by atoms with Gasteiger partial charge in [-0.1, -0.05) is 38.1 Å². The van der Waals surface area contributed by atoms with Crippen LogP contribution in [-0.4, -0.2) is 6.04 Å². The summed E-state index contributed by atoms with van der Waals surface area (Å²) in [5.74, 6) is 2.09. The minimum Gasteiger partial charge on any atom is -0.466 e. The number of nitrogens with one attached hydrogen (secondary N) is 1. The van der Waals surface area contributed by atoms with Gasteiger partial charge in [0.15, 0.2) is 0 Å². The Morgan fingerprint density at radius 3 is 2.74 bits per heavy atom. The third-order valence-electron chi connectivity index (χ3n) is 5.08. The summed E-state index contributed by atoms with van der Waals surface area (Å²) in [4.78, 5) is 0. The van der Waals surface area contributed by atoms with E-state index >= 15 is 0 Å². The van der Waals surface area contributed by atoms with Gasteiger partial charge in [-0.25, -0.2) is 0 Å². The number of aryl methyl sites for hydroxylation is 2. The van der Waals surface area contributed by atoms with E-state index in [0.29, 0.717) is 12.1 Å².